The molecular weight excluding hydrogens is 387 g/mol. The number of methoxy groups -OCH3 is 1. The van der Waals surface area contributed by atoms with Crippen LogP contribution in [0.1, 0.15) is 12.5 Å². The van der Waals surface area contributed by atoms with Gasteiger partial charge in [0.25, 0.3) is 0 Å². The van der Waals surface area contributed by atoms with Gasteiger partial charge in [-0.15, -0.1) is 0 Å². The molecule has 5 heterocycles. The van der Waals surface area contributed by atoms with Gasteiger partial charge in [0, 0.05) is 61.8 Å². The number of alkyl halides is 1. The molecule has 5 rings (SSSR count). The molecule has 3 aromatic rings. The minimum absolute atomic E-state index is 0.246. The fourth-order valence-electron chi connectivity index (χ4n) is 4.33. The Morgan fingerprint density at radius 3 is 3.03 bits per heavy atom. The zero-order valence-corrected chi connectivity index (χ0v) is 17.1. The largest absolute Gasteiger partial charge is 0.383 e. The Hall–Kier alpha value is -2.49. The van der Waals surface area contributed by atoms with E-state index in [0.29, 0.717) is 25.7 Å². The van der Waals surface area contributed by atoms with Crippen LogP contribution in [0.3, 0.4) is 0 Å². The minimum Gasteiger partial charge on any atom is -0.383 e. The van der Waals surface area contributed by atoms with Crippen LogP contribution in [-0.2, 0) is 9.47 Å². The number of nitrogens with zero attached hydrogens (tertiary/aromatic N) is 4. The highest BCUT2D eigenvalue weighted by Gasteiger charge is 2.36. The number of rotatable bonds is 7. The third-order valence-electron chi connectivity index (χ3n) is 6.12. The van der Waals surface area contributed by atoms with Gasteiger partial charge in [-0.05, 0) is 12.5 Å². The van der Waals surface area contributed by atoms with Crippen molar-refractivity contribution >= 4 is 16.7 Å². The van der Waals surface area contributed by atoms with Crippen molar-refractivity contribution in [3.8, 4) is 11.1 Å². The predicted octanol–water partition coefficient (Wildman–Crippen LogP) is 2.47. The van der Waals surface area contributed by atoms with Crippen LogP contribution in [0.2, 0.25) is 0 Å². The second-order valence-corrected chi connectivity index (χ2v) is 7.97. The molecule has 0 aromatic carbocycles. The lowest BCUT2D eigenvalue weighted by molar-refractivity contribution is -0.0847. The predicted molar refractivity (Wildman–Crippen MR) is 112 cm³/mol. The number of fused-ring (bicyclic) bond motifs is 1. The maximum Gasteiger partial charge on any atom is 0.139 e. The molecule has 3 aromatic heterocycles. The fourth-order valence-corrected chi connectivity index (χ4v) is 4.33. The SMILES string of the molecule is COCCNc1c(-c2cnn([C@H]3CCN(C4COC4)C[C@@H]3F)c2)cnc2[nH]ccc12. The van der Waals surface area contributed by atoms with E-state index >= 15 is 0 Å². The van der Waals surface area contributed by atoms with Gasteiger partial charge in [0.15, 0.2) is 0 Å². The van der Waals surface area contributed by atoms with Gasteiger partial charge in [0.2, 0.25) is 0 Å². The van der Waals surface area contributed by atoms with Gasteiger partial charge in [-0.25, -0.2) is 9.37 Å². The summed E-state index contributed by atoms with van der Waals surface area (Å²) in [6.07, 6.45) is 7.25. The number of halogens is 1. The summed E-state index contributed by atoms with van der Waals surface area (Å²) in [5.41, 5.74) is 3.67. The molecule has 2 atom stereocenters. The Balaban J connectivity index is 1.38. The van der Waals surface area contributed by atoms with Gasteiger partial charge in [0.1, 0.15) is 11.8 Å². The van der Waals surface area contributed by atoms with Crippen molar-refractivity contribution in [1.82, 2.24) is 24.6 Å². The number of pyridine rings is 1. The first-order chi connectivity index (χ1) is 14.7. The number of hydrogen-bond acceptors (Lipinski definition) is 6. The normalized spacial score (nSPS) is 23.0. The zero-order valence-electron chi connectivity index (χ0n) is 17.1. The molecule has 9 heteroatoms. The first-order valence-corrected chi connectivity index (χ1v) is 10.4. The monoisotopic (exact) mass is 414 g/mol. The molecule has 0 amide bonds. The summed E-state index contributed by atoms with van der Waals surface area (Å²) >= 11 is 0. The summed E-state index contributed by atoms with van der Waals surface area (Å²) in [7, 11) is 1.68. The summed E-state index contributed by atoms with van der Waals surface area (Å²) in [5, 5.41) is 8.99. The van der Waals surface area contributed by atoms with Crippen molar-refractivity contribution in [3.63, 3.8) is 0 Å². The quantitative estimate of drug-likeness (QED) is 0.578. The van der Waals surface area contributed by atoms with Crippen molar-refractivity contribution in [2.45, 2.75) is 24.7 Å². The first kappa shape index (κ1) is 19.5. The van der Waals surface area contributed by atoms with E-state index in [1.54, 1.807) is 18.0 Å². The molecule has 8 nitrogen and oxygen atoms in total. The molecule has 2 aliphatic heterocycles. The van der Waals surface area contributed by atoms with Gasteiger partial charge >= 0.3 is 0 Å². The van der Waals surface area contributed by atoms with Gasteiger partial charge in [-0.2, -0.15) is 5.10 Å². The summed E-state index contributed by atoms with van der Waals surface area (Å²) in [6, 6.07) is 2.13. The lowest BCUT2D eigenvalue weighted by Crippen LogP contribution is -2.55. The Morgan fingerprint density at radius 1 is 1.37 bits per heavy atom. The van der Waals surface area contributed by atoms with Crippen LogP contribution in [0.5, 0.6) is 0 Å². The van der Waals surface area contributed by atoms with Gasteiger partial charge in [0.05, 0.1) is 43.8 Å². The molecule has 0 bridgehead atoms. The number of likely N-dealkylation sites (tertiary alicyclic amines) is 1. The van der Waals surface area contributed by atoms with E-state index in [-0.39, 0.29) is 6.04 Å². The highest BCUT2D eigenvalue weighted by Crippen LogP contribution is 2.35. The first-order valence-electron chi connectivity index (χ1n) is 10.4. The highest BCUT2D eigenvalue weighted by molar-refractivity contribution is 5.98. The Bertz CT molecular complexity index is 1000. The third kappa shape index (κ3) is 3.57. The molecule has 0 radical (unpaired) electrons. The molecule has 0 unspecified atom stereocenters. The molecule has 2 fully saturated rings. The maximum atomic E-state index is 15.0. The number of aromatic amines is 1. The van der Waals surface area contributed by atoms with Crippen LogP contribution in [0, 0.1) is 0 Å². The van der Waals surface area contributed by atoms with Crippen LogP contribution < -0.4 is 5.32 Å². The number of H-pyrrole nitrogens is 1. The topological polar surface area (TPSA) is 80.2 Å². The van der Waals surface area contributed by atoms with Crippen molar-refractivity contribution in [3.05, 3.63) is 30.9 Å². The molecule has 0 aliphatic carbocycles. The Kier molecular flexibility index (Phi) is 5.41. The van der Waals surface area contributed by atoms with E-state index in [4.69, 9.17) is 9.47 Å². The van der Waals surface area contributed by atoms with Crippen LogP contribution in [0.15, 0.2) is 30.9 Å². The van der Waals surface area contributed by atoms with Crippen LogP contribution in [0.4, 0.5) is 10.1 Å². The highest BCUT2D eigenvalue weighted by atomic mass is 19.1. The standard InChI is InChI=1S/C21H27FN6O2/c1-29-7-5-23-20-16-2-4-24-21(16)25-9-17(20)14-8-26-28(10-14)19-3-6-27(11-18(19)22)15-12-30-13-15/h2,4,8-10,15,18-19H,3,5-7,11-13H2,1H3,(H2,23,24,25)/t18-,19-/m0/s1. The average molecular weight is 414 g/mol. The number of piperidine rings is 1. The average Bonchev–Trinajstić information content (AvgIpc) is 3.36. The van der Waals surface area contributed by atoms with Gasteiger partial charge in [-0.3, -0.25) is 9.58 Å². The van der Waals surface area contributed by atoms with Crippen LogP contribution in [0.25, 0.3) is 22.2 Å². The molecular formula is C21H27FN6O2. The second kappa shape index (κ2) is 8.33. The third-order valence-corrected chi connectivity index (χ3v) is 6.12. The number of anilines is 1. The van der Waals surface area contributed by atoms with E-state index < -0.39 is 6.17 Å². The lowest BCUT2D eigenvalue weighted by atomic mass is 10.0. The van der Waals surface area contributed by atoms with Crippen molar-refractivity contribution in [2.24, 2.45) is 0 Å². The van der Waals surface area contributed by atoms with E-state index in [1.807, 2.05) is 24.7 Å². The second-order valence-electron chi connectivity index (χ2n) is 7.97. The summed E-state index contributed by atoms with van der Waals surface area (Å²) in [4.78, 5) is 9.89. The molecule has 160 valence electrons. The van der Waals surface area contributed by atoms with E-state index in [0.717, 1.165) is 54.0 Å². The summed E-state index contributed by atoms with van der Waals surface area (Å²) in [5.74, 6) is 0. The number of nitrogens with one attached hydrogen (secondary N) is 2. The van der Waals surface area contributed by atoms with Crippen LogP contribution in [-0.4, -0.2) is 83.4 Å². The molecule has 2 saturated heterocycles. The lowest BCUT2D eigenvalue weighted by Gasteiger charge is -2.42. The number of hydrogen-bond donors (Lipinski definition) is 2. The van der Waals surface area contributed by atoms with E-state index in [9.17, 15) is 4.39 Å². The smallest absolute Gasteiger partial charge is 0.139 e. The number of ether oxygens (including phenoxy) is 2. The Labute approximate surface area is 174 Å². The summed E-state index contributed by atoms with van der Waals surface area (Å²) in [6.45, 7) is 4.02. The van der Waals surface area contributed by atoms with Gasteiger partial charge in [-0.1, -0.05) is 0 Å². The molecule has 0 saturated carbocycles. The van der Waals surface area contributed by atoms with Crippen molar-refractivity contribution in [2.75, 3.05) is 51.9 Å². The molecule has 30 heavy (non-hydrogen) atoms. The van der Waals surface area contributed by atoms with E-state index in [2.05, 4.69) is 25.3 Å². The molecule has 2 aliphatic rings. The fraction of sp³-hybridized carbons (Fsp3) is 0.524. The van der Waals surface area contributed by atoms with Crippen molar-refractivity contribution in [1.29, 1.82) is 0 Å². The van der Waals surface area contributed by atoms with Gasteiger partial charge < -0.3 is 19.8 Å². The minimum atomic E-state index is -0.948. The maximum absolute atomic E-state index is 15.0. The van der Waals surface area contributed by atoms with Crippen LogP contribution >= 0.6 is 0 Å². The number of aromatic nitrogens is 4. The zero-order chi connectivity index (χ0) is 20.5. The summed E-state index contributed by atoms with van der Waals surface area (Å²) < 4.78 is 27.2. The molecule has 2 N–H and O–H groups in total. The van der Waals surface area contributed by atoms with Crippen molar-refractivity contribution < 1.29 is 13.9 Å². The molecule has 0 spiro atoms. The van der Waals surface area contributed by atoms with E-state index in [1.165, 1.54) is 0 Å². The Morgan fingerprint density at radius 2 is 2.27 bits per heavy atom.